The Morgan fingerprint density at radius 3 is 2.52 bits per heavy atom. The number of amides is 3. The number of imide groups is 1. The van der Waals surface area contributed by atoms with Crippen LogP contribution in [0.2, 0.25) is 0 Å². The summed E-state index contributed by atoms with van der Waals surface area (Å²) in [4.78, 5) is 36.5. The second kappa shape index (κ2) is 7.80. The molecule has 0 saturated carbocycles. The van der Waals surface area contributed by atoms with Crippen molar-refractivity contribution in [3.63, 3.8) is 0 Å². The van der Waals surface area contributed by atoms with Crippen LogP contribution in [0.3, 0.4) is 0 Å². The van der Waals surface area contributed by atoms with Crippen molar-refractivity contribution in [2.45, 2.75) is 38.5 Å². The predicted octanol–water partition coefficient (Wildman–Crippen LogP) is 3.94. The van der Waals surface area contributed by atoms with E-state index in [2.05, 4.69) is 33.2 Å². The fourth-order valence-corrected chi connectivity index (χ4v) is 4.06. The molecule has 0 radical (unpaired) electrons. The number of nitrogens with one attached hydrogen (secondary N) is 2. The molecule has 3 amide bonds. The summed E-state index contributed by atoms with van der Waals surface area (Å²) >= 11 is 2.18. The number of carbonyl (C=O) groups is 3. The lowest BCUT2D eigenvalue weighted by molar-refractivity contribution is -0.138. The van der Waals surface area contributed by atoms with Gasteiger partial charge in [0.1, 0.15) is 0 Å². The van der Waals surface area contributed by atoms with Crippen molar-refractivity contribution in [2.75, 3.05) is 5.32 Å². The van der Waals surface area contributed by atoms with Crippen molar-refractivity contribution in [3.05, 3.63) is 62.7 Å². The van der Waals surface area contributed by atoms with Gasteiger partial charge in [0.2, 0.25) is 11.8 Å². The van der Waals surface area contributed by atoms with Crippen LogP contribution in [0.15, 0.2) is 42.5 Å². The molecule has 5 nitrogen and oxygen atoms in total. The fourth-order valence-electron chi connectivity index (χ4n) is 3.46. The predicted molar refractivity (Wildman–Crippen MR) is 113 cm³/mol. The first-order chi connectivity index (χ1) is 12.9. The summed E-state index contributed by atoms with van der Waals surface area (Å²) in [5, 5.41) is 5.36. The smallest absolute Gasteiger partial charge is 0.256 e. The molecule has 140 valence electrons. The number of hydrogen-bond donors (Lipinski definition) is 2. The Labute approximate surface area is 172 Å². The van der Waals surface area contributed by atoms with Crippen molar-refractivity contribution in [2.24, 2.45) is 0 Å². The van der Waals surface area contributed by atoms with Gasteiger partial charge in [0.25, 0.3) is 5.91 Å². The van der Waals surface area contributed by atoms with Crippen LogP contribution in [0.25, 0.3) is 0 Å². The first kappa shape index (κ1) is 19.5. The summed E-state index contributed by atoms with van der Waals surface area (Å²) in [7, 11) is 0. The maximum atomic E-state index is 12.6. The normalized spacial score (nSPS) is 19.5. The fraction of sp³-hybridized carbons (Fsp3) is 0.286. The second-order valence-corrected chi connectivity index (χ2v) is 7.86. The molecule has 2 aromatic rings. The highest BCUT2D eigenvalue weighted by Crippen LogP contribution is 2.36. The third-order valence-electron chi connectivity index (χ3n) is 5.20. The van der Waals surface area contributed by atoms with Crippen molar-refractivity contribution in [1.29, 1.82) is 0 Å². The highest BCUT2D eigenvalue weighted by molar-refractivity contribution is 14.1. The summed E-state index contributed by atoms with van der Waals surface area (Å²) in [6.07, 6.45) is 1.45. The van der Waals surface area contributed by atoms with Crippen LogP contribution in [0, 0.1) is 10.5 Å². The Hall–Kier alpha value is -2.22. The molecule has 1 aliphatic heterocycles. The number of carbonyl (C=O) groups excluding carboxylic acids is 3. The van der Waals surface area contributed by atoms with Gasteiger partial charge in [-0.05, 0) is 71.7 Å². The number of aryl methyl sites for hydroxylation is 1. The molecule has 0 spiro atoms. The number of hydrogen-bond acceptors (Lipinski definition) is 3. The average molecular weight is 476 g/mol. The summed E-state index contributed by atoms with van der Waals surface area (Å²) in [6, 6.07) is 13.0. The molecular weight excluding hydrogens is 455 g/mol. The first-order valence-corrected chi connectivity index (χ1v) is 9.96. The van der Waals surface area contributed by atoms with Crippen LogP contribution in [0.5, 0.6) is 0 Å². The molecular formula is C21H21IN2O3. The minimum absolute atomic E-state index is 0.165. The molecule has 2 N–H and O–H groups in total. The molecule has 1 atom stereocenters. The molecule has 0 bridgehead atoms. The van der Waals surface area contributed by atoms with E-state index in [1.165, 1.54) is 0 Å². The zero-order valence-corrected chi connectivity index (χ0v) is 17.4. The van der Waals surface area contributed by atoms with Crippen molar-refractivity contribution in [1.82, 2.24) is 5.32 Å². The summed E-state index contributed by atoms with van der Waals surface area (Å²) < 4.78 is 0.928. The van der Waals surface area contributed by atoms with Gasteiger partial charge in [-0.25, -0.2) is 0 Å². The van der Waals surface area contributed by atoms with Gasteiger partial charge in [-0.15, -0.1) is 0 Å². The van der Waals surface area contributed by atoms with E-state index >= 15 is 0 Å². The first-order valence-electron chi connectivity index (χ1n) is 8.88. The Kier molecular flexibility index (Phi) is 5.64. The summed E-state index contributed by atoms with van der Waals surface area (Å²) in [6.45, 7) is 3.92. The largest absolute Gasteiger partial charge is 0.322 e. The molecule has 1 fully saturated rings. The van der Waals surface area contributed by atoms with E-state index in [1.807, 2.05) is 38.1 Å². The van der Waals surface area contributed by atoms with E-state index in [0.29, 0.717) is 30.5 Å². The van der Waals surface area contributed by atoms with Crippen molar-refractivity contribution >= 4 is 46.0 Å². The van der Waals surface area contributed by atoms with Crippen molar-refractivity contribution < 1.29 is 14.4 Å². The monoisotopic (exact) mass is 476 g/mol. The maximum absolute atomic E-state index is 12.6. The molecule has 3 rings (SSSR count). The van der Waals surface area contributed by atoms with Crippen LogP contribution in [0.1, 0.15) is 47.7 Å². The Morgan fingerprint density at radius 2 is 1.89 bits per heavy atom. The van der Waals surface area contributed by atoms with Gasteiger partial charge in [-0.3, -0.25) is 19.7 Å². The van der Waals surface area contributed by atoms with E-state index in [0.717, 1.165) is 14.7 Å². The van der Waals surface area contributed by atoms with Gasteiger partial charge in [0.15, 0.2) is 0 Å². The lowest BCUT2D eigenvalue weighted by Crippen LogP contribution is -2.51. The molecule has 1 heterocycles. The molecule has 0 aromatic heterocycles. The summed E-state index contributed by atoms with van der Waals surface area (Å²) in [5.41, 5.74) is 2.52. The molecule has 0 aliphatic carbocycles. The molecule has 2 aromatic carbocycles. The van der Waals surface area contributed by atoms with E-state index in [1.54, 1.807) is 18.2 Å². The highest BCUT2D eigenvalue weighted by Gasteiger charge is 2.42. The van der Waals surface area contributed by atoms with Gasteiger partial charge < -0.3 is 5.32 Å². The van der Waals surface area contributed by atoms with Gasteiger partial charge in [0, 0.05) is 15.7 Å². The highest BCUT2D eigenvalue weighted by atomic mass is 127. The standard InChI is InChI=1S/C21H21IN2O3/c1-3-21(12-11-17(25)24-20(21)27)14-7-9-15(10-8-14)23-19(26)16-6-4-5-13(2)18(16)22/h4-10H,3,11-12H2,1-2H3,(H,23,26)(H,24,25,27). The van der Waals surface area contributed by atoms with Gasteiger partial charge in [-0.2, -0.15) is 0 Å². The zero-order chi connectivity index (χ0) is 19.6. The molecule has 6 heteroatoms. The Morgan fingerprint density at radius 1 is 1.19 bits per heavy atom. The van der Waals surface area contributed by atoms with E-state index in [9.17, 15) is 14.4 Å². The Balaban J connectivity index is 1.81. The van der Waals surface area contributed by atoms with Crippen LogP contribution in [-0.4, -0.2) is 17.7 Å². The number of piperidine rings is 1. The summed E-state index contributed by atoms with van der Waals surface area (Å²) in [5.74, 6) is -0.630. The lowest BCUT2D eigenvalue weighted by atomic mass is 9.72. The number of rotatable bonds is 4. The topological polar surface area (TPSA) is 75.3 Å². The average Bonchev–Trinajstić information content (AvgIpc) is 2.65. The molecule has 1 saturated heterocycles. The quantitative estimate of drug-likeness (QED) is 0.519. The van der Waals surface area contributed by atoms with E-state index < -0.39 is 5.41 Å². The van der Waals surface area contributed by atoms with Crippen LogP contribution >= 0.6 is 22.6 Å². The number of anilines is 1. The number of benzene rings is 2. The van der Waals surface area contributed by atoms with Gasteiger partial charge in [0.05, 0.1) is 11.0 Å². The zero-order valence-electron chi connectivity index (χ0n) is 15.3. The molecule has 27 heavy (non-hydrogen) atoms. The third-order valence-corrected chi connectivity index (χ3v) is 6.63. The SMILES string of the molecule is CCC1(c2ccc(NC(=O)c3cccc(C)c3I)cc2)CCC(=O)NC1=O. The van der Waals surface area contributed by atoms with E-state index in [-0.39, 0.29) is 17.7 Å². The van der Waals surface area contributed by atoms with Crippen LogP contribution in [-0.2, 0) is 15.0 Å². The maximum Gasteiger partial charge on any atom is 0.256 e. The van der Waals surface area contributed by atoms with Gasteiger partial charge in [-0.1, -0.05) is 31.2 Å². The lowest BCUT2D eigenvalue weighted by Gasteiger charge is -2.35. The van der Waals surface area contributed by atoms with E-state index in [4.69, 9.17) is 0 Å². The van der Waals surface area contributed by atoms with Crippen LogP contribution < -0.4 is 10.6 Å². The number of halogens is 1. The minimum atomic E-state index is -0.692. The van der Waals surface area contributed by atoms with Crippen LogP contribution in [0.4, 0.5) is 5.69 Å². The third kappa shape index (κ3) is 3.76. The molecule has 1 aliphatic rings. The molecule has 1 unspecified atom stereocenters. The van der Waals surface area contributed by atoms with Crippen molar-refractivity contribution in [3.8, 4) is 0 Å². The minimum Gasteiger partial charge on any atom is -0.322 e. The van der Waals surface area contributed by atoms with Gasteiger partial charge >= 0.3 is 0 Å². The Bertz CT molecular complexity index is 908. The second-order valence-electron chi connectivity index (χ2n) is 6.78.